The minimum absolute atomic E-state index is 1.06. The fourth-order valence-electron chi connectivity index (χ4n) is 3.12. The first-order chi connectivity index (χ1) is 9.34. The molecule has 19 heavy (non-hydrogen) atoms. The van der Waals surface area contributed by atoms with Gasteiger partial charge in [-0.2, -0.15) is 0 Å². The molecule has 0 unspecified atom stereocenters. The normalized spacial score (nSPS) is 13.1. The van der Waals surface area contributed by atoms with Gasteiger partial charge in [0.2, 0.25) is 0 Å². The molecule has 0 spiro atoms. The second kappa shape index (κ2) is 3.89. The van der Waals surface area contributed by atoms with E-state index < -0.39 is 0 Å². The lowest BCUT2D eigenvalue weighted by molar-refractivity contribution is 0.560. The van der Waals surface area contributed by atoms with E-state index in [4.69, 9.17) is 0 Å². The molecular formula is C17H16N2. The third-order valence-corrected chi connectivity index (χ3v) is 4.07. The maximum atomic E-state index is 2.40. The summed E-state index contributed by atoms with van der Waals surface area (Å²) in [6, 6.07) is 15.0. The lowest BCUT2D eigenvalue weighted by Gasteiger charge is -2.19. The van der Waals surface area contributed by atoms with Crippen molar-refractivity contribution in [3.05, 3.63) is 60.4 Å². The number of nitrogens with zero attached hydrogens (tertiary/aromatic N) is 2. The van der Waals surface area contributed by atoms with Gasteiger partial charge in [0.1, 0.15) is 0 Å². The molecule has 2 aromatic heterocycles. The fraction of sp³-hybridized carbons (Fsp3) is 0.176. The molecule has 94 valence electrons. The van der Waals surface area contributed by atoms with Crippen molar-refractivity contribution in [1.29, 1.82) is 0 Å². The highest BCUT2D eigenvalue weighted by Crippen LogP contribution is 2.36. The van der Waals surface area contributed by atoms with Crippen molar-refractivity contribution >= 4 is 0 Å². The summed E-state index contributed by atoms with van der Waals surface area (Å²) in [7, 11) is 0. The lowest BCUT2D eigenvalue weighted by atomic mass is 10.0. The highest BCUT2D eigenvalue weighted by molar-refractivity contribution is 5.76. The first-order valence-electron chi connectivity index (χ1n) is 6.75. The minimum Gasteiger partial charge on any atom is -0.344 e. The van der Waals surface area contributed by atoms with Crippen molar-refractivity contribution in [2.45, 2.75) is 20.0 Å². The van der Waals surface area contributed by atoms with Crippen molar-refractivity contribution in [3.63, 3.8) is 0 Å². The van der Waals surface area contributed by atoms with Crippen LogP contribution in [-0.4, -0.2) is 9.13 Å². The summed E-state index contributed by atoms with van der Waals surface area (Å²) in [4.78, 5) is 0. The maximum Gasteiger partial charge on any atom is 0.0684 e. The SMILES string of the molecule is Cc1c(-c2ccccc2)cn2c1-c1cccn1CC2. The molecule has 1 aliphatic heterocycles. The van der Waals surface area contributed by atoms with Gasteiger partial charge >= 0.3 is 0 Å². The minimum atomic E-state index is 1.06. The van der Waals surface area contributed by atoms with Gasteiger partial charge in [0, 0.05) is 31.0 Å². The second-order valence-corrected chi connectivity index (χ2v) is 5.16. The second-order valence-electron chi connectivity index (χ2n) is 5.16. The Bertz CT molecular complexity index is 732. The van der Waals surface area contributed by atoms with Gasteiger partial charge in [-0.05, 0) is 30.2 Å². The predicted molar refractivity (Wildman–Crippen MR) is 78.0 cm³/mol. The molecule has 0 aliphatic carbocycles. The van der Waals surface area contributed by atoms with Gasteiger partial charge in [0.05, 0.1) is 11.4 Å². The average molecular weight is 248 g/mol. The molecule has 0 radical (unpaired) electrons. The van der Waals surface area contributed by atoms with Gasteiger partial charge in [0.15, 0.2) is 0 Å². The van der Waals surface area contributed by atoms with Crippen molar-refractivity contribution in [1.82, 2.24) is 9.13 Å². The van der Waals surface area contributed by atoms with Crippen LogP contribution in [0.2, 0.25) is 0 Å². The highest BCUT2D eigenvalue weighted by atomic mass is 15.1. The first kappa shape index (κ1) is 10.7. The van der Waals surface area contributed by atoms with Crippen LogP contribution >= 0.6 is 0 Å². The molecule has 3 heterocycles. The molecule has 2 nitrogen and oxygen atoms in total. The van der Waals surface area contributed by atoms with Gasteiger partial charge in [0.25, 0.3) is 0 Å². The van der Waals surface area contributed by atoms with Crippen LogP contribution in [0.25, 0.3) is 22.5 Å². The third-order valence-electron chi connectivity index (χ3n) is 4.07. The van der Waals surface area contributed by atoms with Gasteiger partial charge in [-0.25, -0.2) is 0 Å². The summed E-state index contributed by atoms with van der Waals surface area (Å²) in [6.07, 6.45) is 4.48. The van der Waals surface area contributed by atoms with Gasteiger partial charge in [-0.3, -0.25) is 0 Å². The van der Waals surface area contributed by atoms with Crippen LogP contribution in [0.4, 0.5) is 0 Å². The Morgan fingerprint density at radius 3 is 2.53 bits per heavy atom. The van der Waals surface area contributed by atoms with Crippen LogP contribution in [0, 0.1) is 6.92 Å². The molecule has 2 heteroatoms. The van der Waals surface area contributed by atoms with E-state index in [1.165, 1.54) is 28.1 Å². The van der Waals surface area contributed by atoms with E-state index in [-0.39, 0.29) is 0 Å². The van der Waals surface area contributed by atoms with Crippen LogP contribution < -0.4 is 0 Å². The lowest BCUT2D eigenvalue weighted by Crippen LogP contribution is -2.14. The van der Waals surface area contributed by atoms with Gasteiger partial charge < -0.3 is 9.13 Å². The van der Waals surface area contributed by atoms with Crippen LogP contribution in [0.15, 0.2) is 54.9 Å². The van der Waals surface area contributed by atoms with Gasteiger partial charge in [-0.15, -0.1) is 0 Å². The number of hydrogen-bond donors (Lipinski definition) is 0. The molecule has 0 fully saturated rings. The molecule has 0 bridgehead atoms. The maximum absolute atomic E-state index is 2.40. The zero-order chi connectivity index (χ0) is 12.8. The molecule has 4 rings (SSSR count). The fourth-order valence-corrected chi connectivity index (χ4v) is 3.12. The van der Waals surface area contributed by atoms with Crippen LogP contribution in [0.5, 0.6) is 0 Å². The Labute approximate surface area is 112 Å². The molecule has 3 aromatic rings. The Balaban J connectivity index is 1.95. The van der Waals surface area contributed by atoms with Crippen molar-refractivity contribution in [2.24, 2.45) is 0 Å². The number of hydrogen-bond acceptors (Lipinski definition) is 0. The summed E-state index contributed by atoms with van der Waals surface area (Å²) >= 11 is 0. The number of rotatable bonds is 1. The van der Waals surface area contributed by atoms with E-state index in [9.17, 15) is 0 Å². The molecule has 0 N–H and O–H groups in total. The first-order valence-corrected chi connectivity index (χ1v) is 6.75. The van der Waals surface area contributed by atoms with Crippen LogP contribution in [0.1, 0.15) is 5.56 Å². The molecule has 1 aromatic carbocycles. The van der Waals surface area contributed by atoms with Crippen molar-refractivity contribution in [3.8, 4) is 22.5 Å². The Kier molecular flexibility index (Phi) is 2.18. The predicted octanol–water partition coefficient (Wildman–Crippen LogP) is 3.95. The molecular weight excluding hydrogens is 232 g/mol. The molecule has 1 aliphatic rings. The zero-order valence-electron chi connectivity index (χ0n) is 11.0. The smallest absolute Gasteiger partial charge is 0.0684 e. The van der Waals surface area contributed by atoms with E-state index in [2.05, 4.69) is 70.9 Å². The largest absolute Gasteiger partial charge is 0.344 e. The number of aromatic nitrogens is 2. The molecule has 0 saturated heterocycles. The standard InChI is InChI=1S/C17H16N2/c1-13-15(14-6-3-2-4-7-14)12-19-11-10-18-9-5-8-16(18)17(13)19/h2-9,12H,10-11H2,1H3. The van der Waals surface area contributed by atoms with E-state index in [0.29, 0.717) is 0 Å². The molecule has 0 saturated carbocycles. The number of benzene rings is 1. The quantitative estimate of drug-likeness (QED) is 0.617. The monoisotopic (exact) mass is 248 g/mol. The van der Waals surface area contributed by atoms with E-state index in [1.807, 2.05) is 0 Å². The topological polar surface area (TPSA) is 9.86 Å². The van der Waals surface area contributed by atoms with Crippen LogP contribution in [0.3, 0.4) is 0 Å². The number of fused-ring (bicyclic) bond motifs is 3. The van der Waals surface area contributed by atoms with Gasteiger partial charge in [-0.1, -0.05) is 30.3 Å². The van der Waals surface area contributed by atoms with E-state index >= 15 is 0 Å². The Morgan fingerprint density at radius 2 is 1.68 bits per heavy atom. The summed E-state index contributed by atoms with van der Waals surface area (Å²) in [5.41, 5.74) is 6.75. The number of aryl methyl sites for hydroxylation is 2. The molecule has 0 atom stereocenters. The summed E-state index contributed by atoms with van der Waals surface area (Å²) < 4.78 is 4.74. The Hall–Kier alpha value is -2.22. The summed E-state index contributed by atoms with van der Waals surface area (Å²) in [5, 5.41) is 0. The Morgan fingerprint density at radius 1 is 0.895 bits per heavy atom. The van der Waals surface area contributed by atoms with Crippen molar-refractivity contribution in [2.75, 3.05) is 0 Å². The molecule has 0 amide bonds. The van der Waals surface area contributed by atoms with Crippen molar-refractivity contribution < 1.29 is 0 Å². The summed E-state index contributed by atoms with van der Waals surface area (Å²) in [6.45, 7) is 4.36. The third kappa shape index (κ3) is 1.49. The van der Waals surface area contributed by atoms with E-state index in [0.717, 1.165) is 13.1 Å². The highest BCUT2D eigenvalue weighted by Gasteiger charge is 2.20. The zero-order valence-corrected chi connectivity index (χ0v) is 11.0. The van der Waals surface area contributed by atoms with E-state index in [1.54, 1.807) is 0 Å². The summed E-state index contributed by atoms with van der Waals surface area (Å²) in [5.74, 6) is 0. The van der Waals surface area contributed by atoms with Crippen LogP contribution in [-0.2, 0) is 13.1 Å². The average Bonchev–Trinajstić information content (AvgIpc) is 3.04.